The van der Waals surface area contributed by atoms with Gasteiger partial charge in [0.15, 0.2) is 17.2 Å². The molecule has 0 unspecified atom stereocenters. The van der Waals surface area contributed by atoms with Crippen molar-refractivity contribution in [2.45, 2.75) is 20.3 Å². The molecule has 116 valence electrons. The molecule has 7 heteroatoms. The topological polar surface area (TPSA) is 94.6 Å². The molecule has 0 fully saturated rings. The molecule has 23 heavy (non-hydrogen) atoms. The van der Waals surface area contributed by atoms with Gasteiger partial charge in [-0.05, 0) is 37.1 Å². The highest BCUT2D eigenvalue weighted by atomic mass is 35.5. The largest absolute Gasteiger partial charge is 0.436 e. The van der Waals surface area contributed by atoms with Gasteiger partial charge < -0.3 is 10.1 Å². The minimum absolute atomic E-state index is 0.0364. The van der Waals surface area contributed by atoms with Gasteiger partial charge in [-0.15, -0.1) is 0 Å². The Hall–Kier alpha value is -2.83. The van der Waals surface area contributed by atoms with Crippen molar-refractivity contribution in [3.63, 3.8) is 0 Å². The fourth-order valence-corrected chi connectivity index (χ4v) is 1.92. The smallest absolute Gasteiger partial charge is 0.264 e. The predicted molar refractivity (Wildman–Crippen MR) is 86.5 cm³/mol. The number of hydrogen-bond acceptors (Lipinski definition) is 6. The highest BCUT2D eigenvalue weighted by Gasteiger charge is 2.15. The number of aromatic nitrogens is 2. The maximum atomic E-state index is 9.09. The maximum absolute atomic E-state index is 9.09. The van der Waals surface area contributed by atoms with E-state index in [0.717, 1.165) is 12.0 Å². The van der Waals surface area contributed by atoms with Crippen LogP contribution in [0.25, 0.3) is 0 Å². The van der Waals surface area contributed by atoms with E-state index in [1.165, 1.54) is 0 Å². The summed E-state index contributed by atoms with van der Waals surface area (Å²) in [5.41, 5.74) is 0.746. The number of anilines is 1. The summed E-state index contributed by atoms with van der Waals surface area (Å²) >= 11 is 6.00. The summed E-state index contributed by atoms with van der Waals surface area (Å²) in [5, 5.41) is 21.8. The molecular formula is C16H14ClN5O. The molecule has 0 aliphatic carbocycles. The summed E-state index contributed by atoms with van der Waals surface area (Å²) in [5.74, 6) is 1.00. The highest BCUT2D eigenvalue weighted by Crippen LogP contribution is 2.29. The van der Waals surface area contributed by atoms with Gasteiger partial charge in [-0.1, -0.05) is 18.5 Å². The predicted octanol–water partition coefficient (Wildman–Crippen LogP) is 3.80. The summed E-state index contributed by atoms with van der Waals surface area (Å²) in [6.07, 6.45) is 0.864. The molecule has 0 saturated carbocycles. The van der Waals surface area contributed by atoms with Crippen LogP contribution in [0.15, 0.2) is 18.2 Å². The first kappa shape index (κ1) is 16.5. The first-order chi connectivity index (χ1) is 11.1. The van der Waals surface area contributed by atoms with Crippen molar-refractivity contribution in [2.24, 2.45) is 0 Å². The Bertz CT molecular complexity index is 807. The normalized spacial score (nSPS) is 9.78. The number of aryl methyl sites for hydroxylation is 1. The van der Waals surface area contributed by atoms with Crippen LogP contribution in [0, 0.1) is 29.6 Å². The third-order valence-corrected chi connectivity index (χ3v) is 3.39. The zero-order valence-electron chi connectivity index (χ0n) is 12.7. The Kier molecular flexibility index (Phi) is 5.35. The third-order valence-electron chi connectivity index (χ3n) is 2.96. The van der Waals surface area contributed by atoms with Crippen LogP contribution in [-0.4, -0.2) is 16.5 Å². The Balaban J connectivity index is 2.44. The first-order valence-electron chi connectivity index (χ1n) is 6.99. The van der Waals surface area contributed by atoms with E-state index in [1.807, 2.05) is 26.0 Å². The quantitative estimate of drug-likeness (QED) is 0.897. The molecule has 1 N–H and O–H groups in total. The molecule has 0 radical (unpaired) electrons. The van der Waals surface area contributed by atoms with E-state index in [2.05, 4.69) is 15.3 Å². The Morgan fingerprint density at radius 1 is 1.22 bits per heavy atom. The number of hydrogen-bond donors (Lipinski definition) is 1. The summed E-state index contributed by atoms with van der Waals surface area (Å²) in [6, 6.07) is 8.89. The van der Waals surface area contributed by atoms with Crippen molar-refractivity contribution < 1.29 is 4.74 Å². The fraction of sp³-hybridized carbons (Fsp3) is 0.250. The monoisotopic (exact) mass is 327 g/mol. The lowest BCUT2D eigenvalue weighted by Gasteiger charge is -2.12. The van der Waals surface area contributed by atoms with Crippen LogP contribution < -0.4 is 10.1 Å². The van der Waals surface area contributed by atoms with Gasteiger partial charge in [-0.25, -0.2) is 4.98 Å². The van der Waals surface area contributed by atoms with Crippen LogP contribution in [-0.2, 0) is 0 Å². The van der Waals surface area contributed by atoms with E-state index in [9.17, 15) is 0 Å². The van der Waals surface area contributed by atoms with Crippen LogP contribution in [0.2, 0.25) is 5.02 Å². The Labute approximate surface area is 139 Å². The van der Waals surface area contributed by atoms with Gasteiger partial charge in [0.1, 0.15) is 17.9 Å². The second kappa shape index (κ2) is 7.44. The van der Waals surface area contributed by atoms with Gasteiger partial charge in [0, 0.05) is 11.6 Å². The molecule has 0 bridgehead atoms. The second-order valence-corrected chi connectivity index (χ2v) is 5.15. The number of ether oxygens (including phenoxy) is 1. The van der Waals surface area contributed by atoms with E-state index in [0.29, 0.717) is 23.1 Å². The molecular weight excluding hydrogens is 314 g/mol. The molecule has 1 aromatic heterocycles. The maximum Gasteiger partial charge on any atom is 0.264 e. The summed E-state index contributed by atoms with van der Waals surface area (Å²) in [7, 11) is 0. The van der Waals surface area contributed by atoms with E-state index in [4.69, 9.17) is 26.9 Å². The lowest BCUT2D eigenvalue weighted by atomic mass is 10.2. The summed E-state index contributed by atoms with van der Waals surface area (Å²) < 4.78 is 5.73. The molecule has 1 aromatic carbocycles. The fourth-order valence-electron chi connectivity index (χ4n) is 1.80. The van der Waals surface area contributed by atoms with Gasteiger partial charge in [-0.2, -0.15) is 15.5 Å². The van der Waals surface area contributed by atoms with Gasteiger partial charge in [0.05, 0.1) is 0 Å². The second-order valence-electron chi connectivity index (χ2n) is 4.74. The number of nitriles is 2. The Morgan fingerprint density at radius 2 is 1.91 bits per heavy atom. The van der Waals surface area contributed by atoms with Crippen LogP contribution in [0.4, 0.5) is 5.82 Å². The number of nitrogens with one attached hydrogen (secondary N) is 1. The number of nitrogens with zero attached hydrogens (tertiary/aromatic N) is 4. The molecule has 0 atom stereocenters. The van der Waals surface area contributed by atoms with Crippen molar-refractivity contribution in [3.05, 3.63) is 40.2 Å². The van der Waals surface area contributed by atoms with E-state index in [-0.39, 0.29) is 17.3 Å². The number of rotatable bonds is 5. The molecule has 0 aliphatic rings. The van der Waals surface area contributed by atoms with Crippen molar-refractivity contribution in [1.82, 2.24) is 9.97 Å². The Morgan fingerprint density at radius 3 is 2.52 bits per heavy atom. The molecule has 0 saturated heterocycles. The summed E-state index contributed by atoms with van der Waals surface area (Å²) in [6.45, 7) is 4.50. The van der Waals surface area contributed by atoms with Gasteiger partial charge >= 0.3 is 0 Å². The van der Waals surface area contributed by atoms with Gasteiger partial charge in [0.2, 0.25) is 0 Å². The third kappa shape index (κ3) is 3.88. The lowest BCUT2D eigenvalue weighted by Crippen LogP contribution is -2.08. The average molecular weight is 328 g/mol. The highest BCUT2D eigenvalue weighted by molar-refractivity contribution is 6.31. The van der Waals surface area contributed by atoms with Crippen LogP contribution in [0.1, 0.15) is 30.3 Å². The van der Waals surface area contributed by atoms with Crippen LogP contribution >= 0.6 is 11.6 Å². The molecule has 2 rings (SSSR count). The molecule has 1 heterocycles. The van der Waals surface area contributed by atoms with E-state index < -0.39 is 0 Å². The minimum Gasteiger partial charge on any atom is -0.436 e. The molecule has 2 aromatic rings. The minimum atomic E-state index is -0.0739. The van der Waals surface area contributed by atoms with E-state index in [1.54, 1.807) is 18.2 Å². The van der Waals surface area contributed by atoms with Crippen molar-refractivity contribution in [2.75, 3.05) is 11.9 Å². The zero-order valence-corrected chi connectivity index (χ0v) is 13.5. The zero-order chi connectivity index (χ0) is 16.8. The van der Waals surface area contributed by atoms with Crippen LogP contribution in [0.3, 0.4) is 0 Å². The molecule has 6 nitrogen and oxygen atoms in total. The van der Waals surface area contributed by atoms with Gasteiger partial charge in [0.25, 0.3) is 5.88 Å². The standard InChI is InChI=1S/C16H14ClN5O/c1-3-6-20-15-16(22-14(9-19)13(8-18)21-15)23-11-4-5-12(17)10(2)7-11/h4-5,7H,3,6H2,1-2H3,(H,20,21). The lowest BCUT2D eigenvalue weighted by molar-refractivity contribution is 0.461. The van der Waals surface area contributed by atoms with Crippen LogP contribution in [0.5, 0.6) is 11.6 Å². The molecule has 0 amide bonds. The average Bonchev–Trinajstić information content (AvgIpc) is 2.56. The number of halogens is 1. The molecule has 0 spiro atoms. The molecule has 0 aliphatic heterocycles. The SMILES string of the molecule is CCCNc1nc(C#N)c(C#N)nc1Oc1ccc(Cl)c(C)c1. The van der Waals surface area contributed by atoms with E-state index >= 15 is 0 Å². The van der Waals surface area contributed by atoms with Crippen molar-refractivity contribution in [3.8, 4) is 23.8 Å². The first-order valence-corrected chi connectivity index (χ1v) is 7.37. The van der Waals surface area contributed by atoms with Crippen molar-refractivity contribution in [1.29, 1.82) is 10.5 Å². The summed E-state index contributed by atoms with van der Waals surface area (Å²) in [4.78, 5) is 8.23. The number of benzene rings is 1. The van der Waals surface area contributed by atoms with Crippen molar-refractivity contribution >= 4 is 17.4 Å². The van der Waals surface area contributed by atoms with Gasteiger partial charge in [-0.3, -0.25) is 0 Å².